The Bertz CT molecular complexity index is 151. The Morgan fingerprint density at radius 3 is 2.38 bits per heavy atom. The van der Waals surface area contributed by atoms with Crippen LogP contribution in [0.1, 0.15) is 66.7 Å². The lowest BCUT2D eigenvalue weighted by Gasteiger charge is -2.31. The predicted octanol–water partition coefficient (Wildman–Crippen LogP) is 4.95. The first kappa shape index (κ1) is 12.7. The van der Waals surface area contributed by atoms with Crippen molar-refractivity contribution in [3.8, 4) is 0 Å². The summed E-state index contributed by atoms with van der Waals surface area (Å²) in [6.07, 6.45) is 9.14. The third-order valence-corrected chi connectivity index (χ3v) is 2.55. The zero-order valence-corrected chi connectivity index (χ0v) is 10.1. The summed E-state index contributed by atoms with van der Waals surface area (Å²) in [5.41, 5.74) is 2.28. The van der Waals surface area contributed by atoms with Crippen LogP contribution in [0.2, 0.25) is 0 Å². The first-order valence-corrected chi connectivity index (χ1v) is 5.82. The largest absolute Gasteiger partial charge is 0.0856 e. The molecule has 1 saturated carbocycles. The molecule has 0 spiro atoms. The van der Waals surface area contributed by atoms with E-state index in [0.29, 0.717) is 5.41 Å². The van der Waals surface area contributed by atoms with Crippen LogP contribution >= 0.6 is 0 Å². The fraction of sp³-hybridized carbons (Fsp3) is 0.846. The smallest absolute Gasteiger partial charge is 0.0269 e. The van der Waals surface area contributed by atoms with Gasteiger partial charge in [-0.25, -0.2) is 0 Å². The normalized spacial score (nSPS) is 23.6. The summed E-state index contributed by atoms with van der Waals surface area (Å²) in [7, 11) is 0. The number of rotatable bonds is 1. The highest BCUT2D eigenvalue weighted by atomic mass is 14.3. The molecule has 0 amide bonds. The summed E-state index contributed by atoms with van der Waals surface area (Å²) < 4.78 is 0. The van der Waals surface area contributed by atoms with Gasteiger partial charge in [-0.2, -0.15) is 0 Å². The maximum Gasteiger partial charge on any atom is -0.0269 e. The highest BCUT2D eigenvalue weighted by molar-refractivity contribution is 5.07. The van der Waals surface area contributed by atoms with Crippen LogP contribution in [0.3, 0.4) is 0 Å². The van der Waals surface area contributed by atoms with E-state index in [1.165, 1.54) is 32.1 Å². The Kier molecular flexibility index (Phi) is 6.11. The summed E-state index contributed by atoms with van der Waals surface area (Å²) in [5.74, 6) is 0. The fourth-order valence-corrected chi connectivity index (χ4v) is 2.05. The maximum absolute atomic E-state index is 2.42. The van der Waals surface area contributed by atoms with Crippen LogP contribution in [0.5, 0.6) is 0 Å². The lowest BCUT2D eigenvalue weighted by Crippen LogP contribution is -2.16. The van der Waals surface area contributed by atoms with Crippen LogP contribution in [-0.4, -0.2) is 0 Å². The van der Waals surface area contributed by atoms with E-state index < -0.39 is 0 Å². The van der Waals surface area contributed by atoms with E-state index in [0.717, 1.165) is 0 Å². The van der Waals surface area contributed by atoms with Crippen LogP contribution in [-0.2, 0) is 0 Å². The van der Waals surface area contributed by atoms with Crippen molar-refractivity contribution in [2.24, 2.45) is 5.41 Å². The van der Waals surface area contributed by atoms with Crippen molar-refractivity contribution in [3.63, 3.8) is 0 Å². The first-order valence-electron chi connectivity index (χ1n) is 5.82. The van der Waals surface area contributed by atoms with Crippen LogP contribution in [0.25, 0.3) is 0 Å². The minimum absolute atomic E-state index is 0.583. The van der Waals surface area contributed by atoms with Gasteiger partial charge in [0, 0.05) is 0 Å². The molecule has 0 N–H and O–H groups in total. The zero-order chi connectivity index (χ0) is 10.3. The van der Waals surface area contributed by atoms with Gasteiger partial charge >= 0.3 is 0 Å². The van der Waals surface area contributed by atoms with Crippen molar-refractivity contribution in [2.75, 3.05) is 0 Å². The second kappa shape index (κ2) is 6.23. The third kappa shape index (κ3) is 5.13. The molecule has 0 saturated heterocycles. The second-order valence-electron chi connectivity index (χ2n) is 4.47. The summed E-state index contributed by atoms with van der Waals surface area (Å²) in [6, 6.07) is 0. The minimum atomic E-state index is 0.583. The summed E-state index contributed by atoms with van der Waals surface area (Å²) >= 11 is 0. The van der Waals surface area contributed by atoms with Gasteiger partial charge < -0.3 is 0 Å². The molecule has 13 heavy (non-hydrogen) atoms. The van der Waals surface area contributed by atoms with Gasteiger partial charge in [-0.1, -0.05) is 46.3 Å². The average Bonchev–Trinajstić information content (AvgIpc) is 2.07. The summed E-state index contributed by atoms with van der Waals surface area (Å²) in [4.78, 5) is 0. The molecule has 0 atom stereocenters. The topological polar surface area (TPSA) is 0 Å². The van der Waals surface area contributed by atoms with Crippen LogP contribution in [0.4, 0.5) is 0 Å². The molecule has 0 heterocycles. The Morgan fingerprint density at radius 1 is 1.31 bits per heavy atom. The van der Waals surface area contributed by atoms with Crippen molar-refractivity contribution >= 4 is 0 Å². The van der Waals surface area contributed by atoms with Gasteiger partial charge in [0.1, 0.15) is 0 Å². The molecule has 0 bridgehead atoms. The van der Waals surface area contributed by atoms with Gasteiger partial charge in [-0.05, 0) is 37.5 Å². The number of hydrogen-bond donors (Lipinski definition) is 0. The van der Waals surface area contributed by atoms with Crippen molar-refractivity contribution in [3.05, 3.63) is 11.6 Å². The monoisotopic (exact) mass is 182 g/mol. The average molecular weight is 182 g/mol. The molecule has 0 aromatic heterocycles. The number of allylic oxidation sites excluding steroid dienone is 2. The van der Waals surface area contributed by atoms with Gasteiger partial charge in [0.15, 0.2) is 0 Å². The maximum atomic E-state index is 2.42. The highest BCUT2D eigenvalue weighted by Crippen LogP contribution is 2.38. The van der Waals surface area contributed by atoms with Gasteiger partial charge in [-0.3, -0.25) is 0 Å². The molecule has 0 nitrogen and oxygen atoms in total. The molecule has 1 rings (SSSR count). The molecular formula is C13H26. The molecule has 0 radical (unpaired) electrons. The van der Waals surface area contributed by atoms with Crippen molar-refractivity contribution in [1.82, 2.24) is 0 Å². The Morgan fingerprint density at radius 2 is 1.92 bits per heavy atom. The number of hydrogen-bond acceptors (Lipinski definition) is 0. The molecule has 78 valence electrons. The van der Waals surface area contributed by atoms with Crippen molar-refractivity contribution < 1.29 is 0 Å². The molecule has 1 fully saturated rings. The minimum Gasteiger partial charge on any atom is -0.0856 e. The molecule has 0 heteroatoms. The lowest BCUT2D eigenvalue weighted by atomic mass is 9.75. The van der Waals surface area contributed by atoms with Crippen molar-refractivity contribution in [2.45, 2.75) is 66.7 Å². The van der Waals surface area contributed by atoms with E-state index in [1.807, 2.05) is 13.8 Å². The summed E-state index contributed by atoms with van der Waals surface area (Å²) in [5, 5.41) is 0. The van der Waals surface area contributed by atoms with E-state index in [9.17, 15) is 0 Å². The molecule has 1 aliphatic carbocycles. The van der Waals surface area contributed by atoms with Crippen LogP contribution in [0.15, 0.2) is 11.6 Å². The van der Waals surface area contributed by atoms with E-state index in [-0.39, 0.29) is 0 Å². The molecule has 0 unspecified atom stereocenters. The molecule has 0 aromatic carbocycles. The SMILES string of the molecule is CC.CC/C=C1\CCCC(C)(C)C1. The van der Waals surface area contributed by atoms with Gasteiger partial charge in [0.2, 0.25) is 0 Å². The van der Waals surface area contributed by atoms with Gasteiger partial charge in [0.25, 0.3) is 0 Å². The van der Waals surface area contributed by atoms with Crippen LogP contribution in [0, 0.1) is 5.41 Å². The molecule has 0 aliphatic heterocycles. The van der Waals surface area contributed by atoms with E-state index in [1.54, 1.807) is 5.57 Å². The van der Waals surface area contributed by atoms with Crippen LogP contribution < -0.4 is 0 Å². The molecular weight excluding hydrogens is 156 g/mol. The predicted molar refractivity (Wildman–Crippen MR) is 62.0 cm³/mol. The van der Waals surface area contributed by atoms with E-state index in [4.69, 9.17) is 0 Å². The van der Waals surface area contributed by atoms with Gasteiger partial charge in [0.05, 0.1) is 0 Å². The standard InChI is InChI=1S/C11H20.C2H6/c1-4-6-10-7-5-8-11(2,3)9-10;1-2/h6H,4-5,7-9H2,1-3H3;1-2H3/b10-6+;. The third-order valence-electron chi connectivity index (χ3n) is 2.55. The fourth-order valence-electron chi connectivity index (χ4n) is 2.05. The van der Waals surface area contributed by atoms with Crippen molar-refractivity contribution in [1.29, 1.82) is 0 Å². The Hall–Kier alpha value is -0.260. The zero-order valence-electron chi connectivity index (χ0n) is 10.1. The lowest BCUT2D eigenvalue weighted by molar-refractivity contribution is 0.289. The Labute approximate surface area is 84.4 Å². The second-order valence-corrected chi connectivity index (χ2v) is 4.47. The van der Waals surface area contributed by atoms with E-state index >= 15 is 0 Å². The van der Waals surface area contributed by atoms with Gasteiger partial charge in [-0.15, -0.1) is 0 Å². The highest BCUT2D eigenvalue weighted by Gasteiger charge is 2.23. The first-order chi connectivity index (χ1) is 6.14. The molecule has 0 aromatic rings. The quantitative estimate of drug-likeness (QED) is 0.503. The molecule has 1 aliphatic rings. The summed E-state index contributed by atoms with van der Waals surface area (Å²) in [6.45, 7) is 11.0. The Balaban J connectivity index is 0.000000671. The van der Waals surface area contributed by atoms with E-state index in [2.05, 4.69) is 26.8 Å².